The van der Waals surface area contributed by atoms with Crippen LogP contribution in [0, 0.1) is 0 Å². The van der Waals surface area contributed by atoms with Gasteiger partial charge in [-0.2, -0.15) is 0 Å². The Morgan fingerprint density at radius 2 is 1.75 bits per heavy atom. The number of hydrogen-bond donors (Lipinski definition) is 0. The van der Waals surface area contributed by atoms with Gasteiger partial charge in [0.15, 0.2) is 5.78 Å². The summed E-state index contributed by atoms with van der Waals surface area (Å²) in [5.74, 6) is 0.943. The second-order valence-corrected chi connectivity index (χ2v) is 4.70. The van der Waals surface area contributed by atoms with Gasteiger partial charge in [-0.15, -0.1) is 0 Å². The van der Waals surface area contributed by atoms with Crippen molar-refractivity contribution in [3.8, 4) is 5.75 Å². The number of carbonyl (C=O) groups is 2. The van der Waals surface area contributed by atoms with Crippen molar-refractivity contribution < 1.29 is 14.3 Å². The SMILES string of the molecule is CCC(=O)CCOc1ccc(C(C)=O)c2ccccc12. The highest BCUT2D eigenvalue weighted by molar-refractivity contribution is 6.08. The number of Topliss-reactive ketones (excluding diaryl/α,β-unsaturated/α-hetero) is 2. The summed E-state index contributed by atoms with van der Waals surface area (Å²) in [6, 6.07) is 11.2. The number of ether oxygens (including phenoxy) is 1. The summed E-state index contributed by atoms with van der Waals surface area (Å²) in [5.41, 5.74) is 0.692. The number of fused-ring (bicyclic) bond motifs is 1. The summed E-state index contributed by atoms with van der Waals surface area (Å²) in [7, 11) is 0. The highest BCUT2D eigenvalue weighted by Gasteiger charge is 2.09. The van der Waals surface area contributed by atoms with Crippen LogP contribution >= 0.6 is 0 Å². The van der Waals surface area contributed by atoms with Crippen LogP contribution in [0.3, 0.4) is 0 Å². The molecule has 0 amide bonds. The van der Waals surface area contributed by atoms with Gasteiger partial charge in [0.1, 0.15) is 11.5 Å². The number of ketones is 2. The first kappa shape index (κ1) is 14.3. The van der Waals surface area contributed by atoms with Crippen molar-refractivity contribution in [2.45, 2.75) is 26.7 Å². The molecule has 0 aliphatic carbocycles. The first-order valence-corrected chi connectivity index (χ1v) is 6.80. The molecule has 3 heteroatoms. The Morgan fingerprint density at radius 1 is 1.05 bits per heavy atom. The molecular weight excluding hydrogens is 252 g/mol. The fourth-order valence-electron chi connectivity index (χ4n) is 2.16. The summed E-state index contributed by atoms with van der Waals surface area (Å²) in [5, 5.41) is 1.79. The smallest absolute Gasteiger partial charge is 0.160 e. The van der Waals surface area contributed by atoms with Crippen LogP contribution in [0.5, 0.6) is 5.75 Å². The fourth-order valence-corrected chi connectivity index (χ4v) is 2.16. The van der Waals surface area contributed by atoms with Crippen LogP contribution in [0.4, 0.5) is 0 Å². The Hall–Kier alpha value is -2.16. The van der Waals surface area contributed by atoms with Crippen LogP contribution < -0.4 is 4.74 Å². The lowest BCUT2D eigenvalue weighted by atomic mass is 10.0. The zero-order valence-corrected chi connectivity index (χ0v) is 11.8. The average Bonchev–Trinajstić information content (AvgIpc) is 2.46. The van der Waals surface area contributed by atoms with Gasteiger partial charge >= 0.3 is 0 Å². The van der Waals surface area contributed by atoms with Crippen LogP contribution in [-0.4, -0.2) is 18.2 Å². The Morgan fingerprint density at radius 3 is 2.40 bits per heavy atom. The molecular formula is C17H18O3. The second-order valence-electron chi connectivity index (χ2n) is 4.70. The summed E-state index contributed by atoms with van der Waals surface area (Å²) in [6.07, 6.45) is 0.951. The highest BCUT2D eigenvalue weighted by Crippen LogP contribution is 2.28. The predicted molar refractivity (Wildman–Crippen MR) is 79.4 cm³/mol. The molecule has 0 spiro atoms. The zero-order chi connectivity index (χ0) is 14.5. The molecule has 0 heterocycles. The molecule has 3 nitrogen and oxygen atoms in total. The van der Waals surface area contributed by atoms with E-state index in [0.717, 1.165) is 16.5 Å². The lowest BCUT2D eigenvalue weighted by Gasteiger charge is -2.11. The van der Waals surface area contributed by atoms with Gasteiger partial charge in [0.25, 0.3) is 0 Å². The molecule has 104 valence electrons. The fraction of sp³-hybridized carbons (Fsp3) is 0.294. The maximum absolute atomic E-state index is 11.6. The van der Waals surface area contributed by atoms with Gasteiger partial charge in [0.2, 0.25) is 0 Å². The van der Waals surface area contributed by atoms with E-state index in [1.54, 1.807) is 19.1 Å². The minimum absolute atomic E-state index is 0.0360. The molecule has 0 saturated heterocycles. The average molecular weight is 270 g/mol. The molecule has 0 unspecified atom stereocenters. The van der Waals surface area contributed by atoms with Crippen molar-refractivity contribution >= 4 is 22.3 Å². The van der Waals surface area contributed by atoms with Crippen LogP contribution in [0.1, 0.15) is 37.0 Å². The highest BCUT2D eigenvalue weighted by atomic mass is 16.5. The monoisotopic (exact) mass is 270 g/mol. The maximum Gasteiger partial charge on any atom is 0.160 e. The van der Waals surface area contributed by atoms with E-state index in [4.69, 9.17) is 4.74 Å². The topological polar surface area (TPSA) is 43.4 Å². The van der Waals surface area contributed by atoms with Crippen molar-refractivity contribution in [2.24, 2.45) is 0 Å². The molecule has 20 heavy (non-hydrogen) atoms. The Labute approximate surface area is 118 Å². The molecule has 0 bridgehead atoms. The van der Waals surface area contributed by atoms with Crippen molar-refractivity contribution in [2.75, 3.05) is 6.61 Å². The lowest BCUT2D eigenvalue weighted by molar-refractivity contribution is -0.119. The quantitative estimate of drug-likeness (QED) is 0.750. The molecule has 0 aromatic heterocycles. The molecule has 0 radical (unpaired) electrons. The van der Waals surface area contributed by atoms with E-state index in [9.17, 15) is 9.59 Å². The molecule has 0 atom stereocenters. The molecule has 0 aliphatic heterocycles. The van der Waals surface area contributed by atoms with Crippen LogP contribution in [-0.2, 0) is 4.79 Å². The van der Waals surface area contributed by atoms with Crippen molar-refractivity contribution in [1.82, 2.24) is 0 Å². The van der Waals surface area contributed by atoms with E-state index in [0.29, 0.717) is 25.0 Å². The number of hydrogen-bond acceptors (Lipinski definition) is 3. The van der Waals surface area contributed by atoms with Crippen LogP contribution in [0.25, 0.3) is 10.8 Å². The molecule has 0 aliphatic rings. The first-order valence-electron chi connectivity index (χ1n) is 6.80. The van der Waals surface area contributed by atoms with Gasteiger partial charge in [-0.05, 0) is 24.4 Å². The molecule has 0 saturated carbocycles. The Kier molecular flexibility index (Phi) is 4.51. The van der Waals surface area contributed by atoms with Gasteiger partial charge in [0.05, 0.1) is 6.61 Å². The minimum atomic E-state index is 0.0360. The third-order valence-corrected chi connectivity index (χ3v) is 3.30. The zero-order valence-electron chi connectivity index (χ0n) is 11.8. The van der Waals surface area contributed by atoms with Crippen molar-refractivity contribution in [3.63, 3.8) is 0 Å². The van der Waals surface area contributed by atoms with E-state index in [2.05, 4.69) is 0 Å². The van der Waals surface area contributed by atoms with Crippen LogP contribution in [0.2, 0.25) is 0 Å². The summed E-state index contributed by atoms with van der Waals surface area (Å²) >= 11 is 0. The molecule has 0 fully saturated rings. The van der Waals surface area contributed by atoms with Gasteiger partial charge in [-0.1, -0.05) is 31.2 Å². The van der Waals surface area contributed by atoms with E-state index < -0.39 is 0 Å². The Bertz CT molecular complexity index is 644. The number of benzene rings is 2. The second kappa shape index (κ2) is 6.33. The largest absolute Gasteiger partial charge is 0.492 e. The van der Waals surface area contributed by atoms with Crippen LogP contribution in [0.15, 0.2) is 36.4 Å². The minimum Gasteiger partial charge on any atom is -0.492 e. The molecule has 2 aromatic rings. The van der Waals surface area contributed by atoms with E-state index in [1.807, 2.05) is 31.2 Å². The van der Waals surface area contributed by atoms with E-state index in [1.165, 1.54) is 0 Å². The van der Waals surface area contributed by atoms with Gasteiger partial charge in [-0.3, -0.25) is 9.59 Å². The number of rotatable bonds is 6. The van der Waals surface area contributed by atoms with Gasteiger partial charge in [0, 0.05) is 23.8 Å². The molecule has 2 rings (SSSR count). The molecule has 2 aromatic carbocycles. The summed E-state index contributed by atoms with van der Waals surface area (Å²) < 4.78 is 5.69. The normalized spacial score (nSPS) is 10.5. The predicted octanol–water partition coefficient (Wildman–Crippen LogP) is 3.79. The summed E-state index contributed by atoms with van der Waals surface area (Å²) in [4.78, 5) is 22.9. The van der Waals surface area contributed by atoms with Gasteiger partial charge < -0.3 is 4.74 Å². The third kappa shape index (κ3) is 3.05. The summed E-state index contributed by atoms with van der Waals surface area (Å²) in [6.45, 7) is 3.78. The van der Waals surface area contributed by atoms with E-state index >= 15 is 0 Å². The van der Waals surface area contributed by atoms with E-state index in [-0.39, 0.29) is 11.6 Å². The number of carbonyl (C=O) groups excluding carboxylic acids is 2. The maximum atomic E-state index is 11.6. The van der Waals surface area contributed by atoms with Gasteiger partial charge in [-0.25, -0.2) is 0 Å². The third-order valence-electron chi connectivity index (χ3n) is 3.30. The lowest BCUT2D eigenvalue weighted by Crippen LogP contribution is -2.05. The van der Waals surface area contributed by atoms with Crippen molar-refractivity contribution in [3.05, 3.63) is 42.0 Å². The molecule has 0 N–H and O–H groups in total. The Balaban J connectivity index is 2.29. The first-order chi connectivity index (χ1) is 9.63. The standard InChI is InChI=1S/C17H18O3/c1-3-13(19)10-11-20-17-9-8-14(12(2)18)15-6-4-5-7-16(15)17/h4-9H,3,10-11H2,1-2H3. The van der Waals surface area contributed by atoms with Crippen molar-refractivity contribution in [1.29, 1.82) is 0 Å².